The van der Waals surface area contributed by atoms with Crippen molar-refractivity contribution in [2.45, 2.75) is 9.79 Å². The van der Waals surface area contributed by atoms with Gasteiger partial charge in [0.15, 0.2) is 0 Å². The van der Waals surface area contributed by atoms with Crippen LogP contribution >= 0.6 is 0 Å². The number of aromatic nitrogens is 1. The predicted molar refractivity (Wildman–Crippen MR) is 108 cm³/mol. The van der Waals surface area contributed by atoms with E-state index in [0.717, 1.165) is 31.9 Å². The normalized spacial score (nSPS) is 15.1. The maximum Gasteiger partial charge on any atom is 0.209 e. The average molecular weight is 382 g/mol. The molecule has 2 heterocycles. The first-order valence-corrected chi connectivity index (χ1v) is 10.5. The standard InChI is InChI=1S/C20H22N4O2S/c1-21-17-14-18(24-12-10-22-11-13-24)19-16(8-5-9-23-19)20(17)27(25,26)15-6-3-2-4-7-15/h2-9,14,21-22H,10-13H2,1H3. The first kappa shape index (κ1) is 17.8. The number of hydrogen-bond donors (Lipinski definition) is 2. The highest BCUT2D eigenvalue weighted by Crippen LogP contribution is 2.39. The number of sulfone groups is 1. The molecule has 0 aliphatic carbocycles. The lowest BCUT2D eigenvalue weighted by atomic mass is 10.1. The molecule has 3 aromatic rings. The Balaban J connectivity index is 1.99. The number of benzene rings is 2. The maximum absolute atomic E-state index is 13.4. The van der Waals surface area contributed by atoms with Crippen molar-refractivity contribution in [3.8, 4) is 0 Å². The van der Waals surface area contributed by atoms with Crippen molar-refractivity contribution < 1.29 is 8.42 Å². The summed E-state index contributed by atoms with van der Waals surface area (Å²) in [5.41, 5.74) is 2.27. The first-order valence-electron chi connectivity index (χ1n) is 8.98. The van der Waals surface area contributed by atoms with E-state index in [9.17, 15) is 8.42 Å². The second-order valence-corrected chi connectivity index (χ2v) is 8.36. The number of piperazine rings is 1. The molecule has 0 bridgehead atoms. The summed E-state index contributed by atoms with van der Waals surface area (Å²) in [5.74, 6) is 0. The molecule has 0 unspecified atom stereocenters. The van der Waals surface area contributed by atoms with Crippen molar-refractivity contribution >= 4 is 32.1 Å². The zero-order valence-electron chi connectivity index (χ0n) is 15.1. The van der Waals surface area contributed by atoms with Crippen molar-refractivity contribution in [3.63, 3.8) is 0 Å². The molecule has 0 amide bonds. The summed E-state index contributed by atoms with van der Waals surface area (Å²) in [7, 11) is -1.94. The van der Waals surface area contributed by atoms with Crippen LogP contribution in [-0.4, -0.2) is 46.6 Å². The van der Waals surface area contributed by atoms with Crippen LogP contribution < -0.4 is 15.5 Å². The molecule has 1 saturated heterocycles. The smallest absolute Gasteiger partial charge is 0.209 e. The number of nitrogens with one attached hydrogen (secondary N) is 2. The quantitative estimate of drug-likeness (QED) is 0.722. The number of anilines is 2. The summed E-state index contributed by atoms with van der Waals surface area (Å²) < 4.78 is 26.8. The summed E-state index contributed by atoms with van der Waals surface area (Å²) >= 11 is 0. The number of fused-ring (bicyclic) bond motifs is 1. The molecule has 0 radical (unpaired) electrons. The Labute approximate surface area is 159 Å². The minimum absolute atomic E-state index is 0.276. The third-order valence-corrected chi connectivity index (χ3v) is 6.74. The molecule has 0 saturated carbocycles. The molecule has 4 rings (SSSR count). The molecule has 0 spiro atoms. The van der Waals surface area contributed by atoms with Gasteiger partial charge in [0.2, 0.25) is 9.84 Å². The minimum atomic E-state index is -3.69. The highest BCUT2D eigenvalue weighted by atomic mass is 32.2. The van der Waals surface area contributed by atoms with Crippen molar-refractivity contribution in [3.05, 3.63) is 54.7 Å². The van der Waals surface area contributed by atoms with Crippen LogP contribution in [0.5, 0.6) is 0 Å². The average Bonchev–Trinajstić information content (AvgIpc) is 2.73. The van der Waals surface area contributed by atoms with E-state index in [0.29, 0.717) is 16.6 Å². The zero-order chi connectivity index (χ0) is 18.9. The lowest BCUT2D eigenvalue weighted by Crippen LogP contribution is -2.43. The molecule has 2 aromatic carbocycles. The van der Waals surface area contributed by atoms with E-state index in [1.54, 1.807) is 43.6 Å². The van der Waals surface area contributed by atoms with E-state index in [1.165, 1.54) is 0 Å². The molecule has 0 atom stereocenters. The second-order valence-electron chi connectivity index (χ2n) is 6.48. The predicted octanol–water partition coefficient (Wildman–Crippen LogP) is 2.52. The zero-order valence-corrected chi connectivity index (χ0v) is 16.0. The third-order valence-electron chi connectivity index (χ3n) is 4.87. The van der Waals surface area contributed by atoms with E-state index in [1.807, 2.05) is 18.2 Å². The highest BCUT2D eigenvalue weighted by molar-refractivity contribution is 7.92. The fourth-order valence-electron chi connectivity index (χ4n) is 3.55. The van der Waals surface area contributed by atoms with E-state index in [-0.39, 0.29) is 9.79 Å². The number of pyridine rings is 1. The highest BCUT2D eigenvalue weighted by Gasteiger charge is 2.27. The van der Waals surface area contributed by atoms with Crippen molar-refractivity contribution in [2.75, 3.05) is 43.4 Å². The Morgan fingerprint density at radius 1 is 1.07 bits per heavy atom. The molecular weight excluding hydrogens is 360 g/mol. The lowest BCUT2D eigenvalue weighted by Gasteiger charge is -2.31. The summed E-state index contributed by atoms with van der Waals surface area (Å²) in [4.78, 5) is 7.36. The molecule has 1 aliphatic heterocycles. The Morgan fingerprint density at radius 2 is 1.81 bits per heavy atom. The van der Waals surface area contributed by atoms with Gasteiger partial charge in [-0.15, -0.1) is 0 Å². The van der Waals surface area contributed by atoms with E-state index >= 15 is 0 Å². The van der Waals surface area contributed by atoms with Crippen LogP contribution in [0.15, 0.2) is 64.5 Å². The van der Waals surface area contributed by atoms with Crippen LogP contribution in [0.4, 0.5) is 11.4 Å². The molecule has 7 heteroatoms. The largest absolute Gasteiger partial charge is 0.387 e. The van der Waals surface area contributed by atoms with E-state index < -0.39 is 9.84 Å². The fraction of sp³-hybridized carbons (Fsp3) is 0.250. The van der Waals surface area contributed by atoms with Gasteiger partial charge in [0.05, 0.1) is 21.8 Å². The molecule has 1 fully saturated rings. The van der Waals surface area contributed by atoms with Crippen molar-refractivity contribution in [2.24, 2.45) is 0 Å². The maximum atomic E-state index is 13.4. The minimum Gasteiger partial charge on any atom is -0.387 e. The van der Waals surface area contributed by atoms with Crippen LogP contribution in [0, 0.1) is 0 Å². The van der Waals surface area contributed by atoms with Gasteiger partial charge in [-0.3, -0.25) is 4.98 Å². The molecule has 140 valence electrons. The van der Waals surface area contributed by atoms with Gasteiger partial charge in [0.1, 0.15) is 4.90 Å². The van der Waals surface area contributed by atoms with Gasteiger partial charge in [-0.05, 0) is 30.3 Å². The third kappa shape index (κ3) is 3.13. The summed E-state index contributed by atoms with van der Waals surface area (Å²) in [6.45, 7) is 3.51. The monoisotopic (exact) mass is 382 g/mol. The molecule has 6 nitrogen and oxygen atoms in total. The second kappa shape index (κ2) is 7.17. The molecular formula is C20H22N4O2S. The van der Waals surface area contributed by atoms with Gasteiger partial charge < -0.3 is 15.5 Å². The van der Waals surface area contributed by atoms with Gasteiger partial charge >= 0.3 is 0 Å². The van der Waals surface area contributed by atoms with Crippen molar-refractivity contribution in [1.29, 1.82) is 0 Å². The van der Waals surface area contributed by atoms with Gasteiger partial charge in [0.25, 0.3) is 0 Å². The van der Waals surface area contributed by atoms with Crippen LogP contribution in [0.3, 0.4) is 0 Å². The summed E-state index contributed by atoms with van der Waals surface area (Å²) in [6.07, 6.45) is 1.71. The van der Waals surface area contributed by atoms with Gasteiger partial charge in [-0.2, -0.15) is 0 Å². The molecule has 27 heavy (non-hydrogen) atoms. The Morgan fingerprint density at radius 3 is 2.52 bits per heavy atom. The van der Waals surface area contributed by atoms with E-state index in [2.05, 4.69) is 20.5 Å². The van der Waals surface area contributed by atoms with Gasteiger partial charge in [-0.1, -0.05) is 18.2 Å². The topological polar surface area (TPSA) is 74.3 Å². The first-order chi connectivity index (χ1) is 13.1. The number of nitrogens with zero attached hydrogens (tertiary/aromatic N) is 2. The SMILES string of the molecule is CNc1cc(N2CCNCC2)c2ncccc2c1S(=O)(=O)c1ccccc1. The van der Waals surface area contributed by atoms with Crippen LogP contribution in [0.2, 0.25) is 0 Å². The van der Waals surface area contributed by atoms with Crippen LogP contribution in [0.25, 0.3) is 10.9 Å². The lowest BCUT2D eigenvalue weighted by molar-refractivity contribution is 0.589. The molecule has 1 aliphatic rings. The Hall–Kier alpha value is -2.64. The van der Waals surface area contributed by atoms with Gasteiger partial charge in [-0.25, -0.2) is 8.42 Å². The van der Waals surface area contributed by atoms with Gasteiger partial charge in [0, 0.05) is 44.8 Å². The fourth-order valence-corrected chi connectivity index (χ4v) is 5.20. The Bertz CT molecular complexity index is 1060. The molecule has 2 N–H and O–H groups in total. The Kier molecular flexibility index (Phi) is 4.72. The van der Waals surface area contributed by atoms with E-state index in [4.69, 9.17) is 0 Å². The summed E-state index contributed by atoms with van der Waals surface area (Å²) in [5, 5.41) is 7.08. The number of rotatable bonds is 4. The molecule has 1 aromatic heterocycles. The van der Waals surface area contributed by atoms with Crippen LogP contribution in [0.1, 0.15) is 0 Å². The van der Waals surface area contributed by atoms with Crippen LogP contribution in [-0.2, 0) is 9.84 Å². The summed E-state index contributed by atoms with van der Waals surface area (Å²) in [6, 6.07) is 14.1. The number of hydrogen-bond acceptors (Lipinski definition) is 6. The van der Waals surface area contributed by atoms with Crippen molar-refractivity contribution in [1.82, 2.24) is 10.3 Å².